The third-order valence-electron chi connectivity index (χ3n) is 5.11. The first-order chi connectivity index (χ1) is 16.5. The molecular weight excluding hydrogens is 439 g/mol. The number of carbonyl (C=O) groups is 1. The van der Waals surface area contributed by atoms with Gasteiger partial charge in [-0.3, -0.25) is 14.0 Å². The molecule has 5 rings (SSSR count). The molecule has 9 nitrogen and oxygen atoms in total. The van der Waals surface area contributed by atoms with E-state index in [0.717, 1.165) is 10.2 Å². The van der Waals surface area contributed by atoms with E-state index in [9.17, 15) is 18.8 Å². The molecule has 0 aliphatic rings. The van der Waals surface area contributed by atoms with Crippen LogP contribution in [0.25, 0.3) is 11.3 Å². The lowest BCUT2D eigenvalue weighted by Gasteiger charge is -2.09. The summed E-state index contributed by atoms with van der Waals surface area (Å²) in [7, 11) is 0. The van der Waals surface area contributed by atoms with Gasteiger partial charge in [-0.1, -0.05) is 18.2 Å². The van der Waals surface area contributed by atoms with Crippen LogP contribution in [0.4, 0.5) is 10.1 Å². The second kappa shape index (κ2) is 8.58. The van der Waals surface area contributed by atoms with E-state index in [-0.39, 0.29) is 17.9 Å². The summed E-state index contributed by atoms with van der Waals surface area (Å²) in [6.07, 6.45) is 1.65. The second-order valence-electron chi connectivity index (χ2n) is 7.47. The number of nitrogens with zero attached hydrogens (tertiary/aromatic N) is 5. The highest BCUT2D eigenvalue weighted by Crippen LogP contribution is 2.13. The Morgan fingerprint density at radius 1 is 0.912 bits per heavy atom. The molecule has 0 radical (unpaired) electrons. The van der Waals surface area contributed by atoms with Crippen LogP contribution in [0.5, 0.6) is 0 Å². The van der Waals surface area contributed by atoms with Crippen molar-refractivity contribution in [2.75, 3.05) is 5.32 Å². The van der Waals surface area contributed by atoms with Gasteiger partial charge in [0.15, 0.2) is 5.65 Å². The molecular formula is C24H17FN6O3. The number of hydrogen-bond donors (Lipinski definition) is 1. The van der Waals surface area contributed by atoms with Gasteiger partial charge in [-0.05, 0) is 60.2 Å². The molecule has 0 atom stereocenters. The molecule has 0 unspecified atom stereocenters. The zero-order valence-corrected chi connectivity index (χ0v) is 17.6. The number of carbonyl (C=O) groups excluding carboxylic acids is 1. The number of fused-ring (bicyclic) bond motifs is 1. The predicted octanol–water partition coefficient (Wildman–Crippen LogP) is 2.48. The van der Waals surface area contributed by atoms with Crippen molar-refractivity contribution in [3.8, 4) is 5.69 Å². The van der Waals surface area contributed by atoms with Crippen LogP contribution in [-0.2, 0) is 6.54 Å². The van der Waals surface area contributed by atoms with Crippen LogP contribution in [0.2, 0.25) is 0 Å². The van der Waals surface area contributed by atoms with E-state index < -0.39 is 17.3 Å². The molecule has 0 bridgehead atoms. The maximum absolute atomic E-state index is 13.2. The fourth-order valence-electron chi connectivity index (χ4n) is 3.49. The molecule has 0 saturated carbocycles. The first kappa shape index (κ1) is 21.0. The van der Waals surface area contributed by atoms with Crippen LogP contribution in [0.1, 0.15) is 16.1 Å². The summed E-state index contributed by atoms with van der Waals surface area (Å²) in [4.78, 5) is 37.5. The minimum atomic E-state index is -0.530. The predicted molar refractivity (Wildman–Crippen MR) is 123 cm³/mol. The number of nitrogens with one attached hydrogen (secondary N) is 1. The molecule has 0 aliphatic heterocycles. The van der Waals surface area contributed by atoms with E-state index in [0.29, 0.717) is 17.0 Å². The van der Waals surface area contributed by atoms with Gasteiger partial charge in [0.2, 0.25) is 0 Å². The number of amides is 1. The van der Waals surface area contributed by atoms with Crippen molar-refractivity contribution in [1.82, 2.24) is 24.0 Å². The quantitative estimate of drug-likeness (QED) is 0.438. The van der Waals surface area contributed by atoms with E-state index in [4.69, 9.17) is 0 Å². The summed E-state index contributed by atoms with van der Waals surface area (Å²) < 4.78 is 17.0. The third kappa shape index (κ3) is 4.11. The Balaban J connectivity index is 1.37. The molecule has 168 valence electrons. The van der Waals surface area contributed by atoms with Gasteiger partial charge in [-0.15, -0.1) is 5.10 Å². The van der Waals surface area contributed by atoms with Crippen molar-refractivity contribution < 1.29 is 9.18 Å². The van der Waals surface area contributed by atoms with E-state index in [2.05, 4.69) is 15.5 Å². The maximum atomic E-state index is 13.2. The first-order valence-electron chi connectivity index (χ1n) is 10.3. The van der Waals surface area contributed by atoms with Gasteiger partial charge in [0.25, 0.3) is 11.5 Å². The van der Waals surface area contributed by atoms with Crippen LogP contribution in [0.15, 0.2) is 94.6 Å². The van der Waals surface area contributed by atoms with Gasteiger partial charge < -0.3 is 5.32 Å². The molecule has 0 spiro atoms. The average Bonchev–Trinajstić information content (AvgIpc) is 3.15. The Hall–Kier alpha value is -4.86. The molecule has 0 fully saturated rings. The van der Waals surface area contributed by atoms with Crippen molar-refractivity contribution in [1.29, 1.82) is 0 Å². The highest BCUT2D eigenvalue weighted by atomic mass is 19.1. The summed E-state index contributed by atoms with van der Waals surface area (Å²) in [5.41, 5.74) is 1.40. The summed E-state index contributed by atoms with van der Waals surface area (Å²) in [6.45, 7) is 0.220. The van der Waals surface area contributed by atoms with Crippen molar-refractivity contribution in [2.45, 2.75) is 6.54 Å². The summed E-state index contributed by atoms with van der Waals surface area (Å²) in [6, 6.07) is 20.0. The molecule has 3 aromatic heterocycles. The van der Waals surface area contributed by atoms with E-state index in [1.807, 2.05) is 6.07 Å². The maximum Gasteiger partial charge on any atom is 0.350 e. The van der Waals surface area contributed by atoms with Gasteiger partial charge in [0.05, 0.1) is 12.2 Å². The molecule has 3 heterocycles. The largest absolute Gasteiger partial charge is 0.350 e. The normalized spacial score (nSPS) is 11.0. The van der Waals surface area contributed by atoms with Crippen LogP contribution in [0.3, 0.4) is 0 Å². The number of rotatable bonds is 5. The van der Waals surface area contributed by atoms with Crippen LogP contribution < -0.4 is 16.6 Å². The van der Waals surface area contributed by atoms with Gasteiger partial charge in [-0.25, -0.2) is 13.9 Å². The van der Waals surface area contributed by atoms with E-state index in [1.54, 1.807) is 42.6 Å². The lowest BCUT2D eigenvalue weighted by Crippen LogP contribution is -2.25. The average molecular weight is 456 g/mol. The van der Waals surface area contributed by atoms with Crippen molar-refractivity contribution >= 4 is 17.2 Å². The summed E-state index contributed by atoms with van der Waals surface area (Å²) >= 11 is 0. The monoisotopic (exact) mass is 456 g/mol. The van der Waals surface area contributed by atoms with Crippen molar-refractivity contribution in [2.24, 2.45) is 0 Å². The standard InChI is InChI=1S/C24H17FN6O3/c25-17-7-9-19(10-8-17)31-22(32)12-11-20(27-31)23(33)26-18-5-3-4-16(14-18)15-30-24(34)29-13-2-1-6-21(29)28-30/h1-14H,15H2,(H,26,33). The highest BCUT2D eigenvalue weighted by Gasteiger charge is 2.12. The molecule has 5 aromatic rings. The minimum Gasteiger partial charge on any atom is -0.321 e. The molecule has 1 amide bonds. The number of halogens is 1. The zero-order chi connectivity index (χ0) is 23.7. The van der Waals surface area contributed by atoms with Gasteiger partial charge in [0.1, 0.15) is 11.5 Å². The number of benzene rings is 2. The Kier molecular flexibility index (Phi) is 5.30. The van der Waals surface area contributed by atoms with Crippen LogP contribution >= 0.6 is 0 Å². The number of aromatic nitrogens is 5. The fourth-order valence-corrected chi connectivity index (χ4v) is 3.49. The van der Waals surface area contributed by atoms with Gasteiger partial charge >= 0.3 is 5.69 Å². The SMILES string of the molecule is O=C(Nc1cccc(Cn2nc3ccccn3c2=O)c1)c1ccc(=O)n(-c2ccc(F)cc2)n1. The minimum absolute atomic E-state index is 0.00546. The molecule has 0 aliphatic carbocycles. The molecule has 34 heavy (non-hydrogen) atoms. The highest BCUT2D eigenvalue weighted by molar-refractivity contribution is 6.02. The van der Waals surface area contributed by atoms with Crippen molar-refractivity contribution in [3.05, 3.63) is 123 Å². The van der Waals surface area contributed by atoms with E-state index in [1.165, 1.54) is 45.5 Å². The fraction of sp³-hybridized carbons (Fsp3) is 0.0417. The Labute approximate surface area is 191 Å². The smallest absolute Gasteiger partial charge is 0.321 e. The molecule has 1 N–H and O–H groups in total. The Bertz CT molecular complexity index is 1640. The topological polar surface area (TPSA) is 103 Å². The van der Waals surface area contributed by atoms with Crippen molar-refractivity contribution in [3.63, 3.8) is 0 Å². The third-order valence-corrected chi connectivity index (χ3v) is 5.11. The second-order valence-corrected chi connectivity index (χ2v) is 7.47. The van der Waals surface area contributed by atoms with Gasteiger partial charge in [-0.2, -0.15) is 9.78 Å². The Morgan fingerprint density at radius 2 is 1.74 bits per heavy atom. The van der Waals surface area contributed by atoms with E-state index >= 15 is 0 Å². The summed E-state index contributed by atoms with van der Waals surface area (Å²) in [5, 5.41) is 11.2. The van der Waals surface area contributed by atoms with Gasteiger partial charge in [0, 0.05) is 18.0 Å². The van der Waals surface area contributed by atoms with Crippen LogP contribution in [0, 0.1) is 5.82 Å². The molecule has 0 saturated heterocycles. The number of anilines is 1. The lowest BCUT2D eigenvalue weighted by atomic mass is 10.2. The molecule has 10 heteroatoms. The number of hydrogen-bond acceptors (Lipinski definition) is 5. The first-order valence-corrected chi connectivity index (χ1v) is 10.3. The summed E-state index contributed by atoms with van der Waals surface area (Å²) in [5.74, 6) is -0.977. The Morgan fingerprint density at radius 3 is 2.53 bits per heavy atom. The molecule has 2 aromatic carbocycles. The lowest BCUT2D eigenvalue weighted by molar-refractivity contribution is 0.102. The van der Waals surface area contributed by atoms with Crippen LogP contribution in [-0.4, -0.2) is 29.9 Å². The number of pyridine rings is 1. The zero-order valence-electron chi connectivity index (χ0n) is 17.6.